The first-order valence-corrected chi connectivity index (χ1v) is 8.75. The van der Waals surface area contributed by atoms with Crippen LogP contribution in [-0.4, -0.2) is 41.7 Å². The minimum Gasteiger partial charge on any atom is -0.462 e. The lowest BCUT2D eigenvalue weighted by atomic mass is 10.1. The van der Waals surface area contributed by atoms with E-state index >= 15 is 0 Å². The molecule has 0 saturated heterocycles. The van der Waals surface area contributed by atoms with E-state index in [1.807, 2.05) is 0 Å². The van der Waals surface area contributed by atoms with Gasteiger partial charge >= 0.3 is 11.9 Å². The Bertz CT molecular complexity index is 876. The molecule has 26 heavy (non-hydrogen) atoms. The molecule has 2 heterocycles. The van der Waals surface area contributed by atoms with Crippen LogP contribution in [0.5, 0.6) is 0 Å². The summed E-state index contributed by atoms with van der Waals surface area (Å²) in [6, 6.07) is 3.01. The third-order valence-electron chi connectivity index (χ3n) is 3.62. The summed E-state index contributed by atoms with van der Waals surface area (Å²) in [5.41, 5.74) is 1.33. The maximum absolute atomic E-state index is 12.5. The Morgan fingerprint density at radius 2 is 1.58 bits per heavy atom. The van der Waals surface area contributed by atoms with Gasteiger partial charge in [-0.3, -0.25) is 9.59 Å². The van der Waals surface area contributed by atoms with Gasteiger partial charge < -0.3 is 14.5 Å². The maximum atomic E-state index is 12.5. The molecule has 0 aliphatic carbocycles. The van der Waals surface area contributed by atoms with Gasteiger partial charge in [0.15, 0.2) is 12.4 Å². The molecule has 0 bridgehead atoms. The van der Waals surface area contributed by atoms with Crippen LogP contribution in [0, 0.1) is 13.8 Å². The van der Waals surface area contributed by atoms with Gasteiger partial charge in [-0.2, -0.15) is 0 Å². The number of thiophene rings is 1. The molecule has 0 unspecified atom stereocenters. The van der Waals surface area contributed by atoms with Crippen molar-refractivity contribution in [2.45, 2.75) is 27.7 Å². The zero-order chi connectivity index (χ0) is 19.4. The van der Waals surface area contributed by atoms with Crippen LogP contribution in [0.3, 0.4) is 0 Å². The van der Waals surface area contributed by atoms with Crippen LogP contribution < -0.4 is 0 Å². The van der Waals surface area contributed by atoms with Crippen molar-refractivity contribution in [3.8, 4) is 0 Å². The number of H-pyrrole nitrogens is 1. The highest BCUT2D eigenvalue weighted by Crippen LogP contribution is 2.21. The van der Waals surface area contributed by atoms with E-state index in [4.69, 9.17) is 9.47 Å². The van der Waals surface area contributed by atoms with Gasteiger partial charge in [-0.1, -0.05) is 0 Å². The summed E-state index contributed by atoms with van der Waals surface area (Å²) in [7, 11) is 0. The standard InChI is InChI=1S/C18H19NO6S/c1-5-24-18(23)16-10(3)19-9(2)15(16)12(21)8-25-17(22)14-7-6-13(26-14)11(4)20/h6-7,19H,5,8H2,1-4H3. The number of aromatic amines is 1. The number of hydrogen-bond acceptors (Lipinski definition) is 7. The van der Waals surface area contributed by atoms with Crippen molar-refractivity contribution in [3.63, 3.8) is 0 Å². The average Bonchev–Trinajstić information content (AvgIpc) is 3.17. The molecule has 7 nitrogen and oxygen atoms in total. The molecule has 0 aromatic carbocycles. The minimum atomic E-state index is -0.696. The largest absolute Gasteiger partial charge is 0.462 e. The molecule has 0 fully saturated rings. The van der Waals surface area contributed by atoms with Gasteiger partial charge in [-0.05, 0) is 39.8 Å². The van der Waals surface area contributed by atoms with Crippen LogP contribution in [0.2, 0.25) is 0 Å². The summed E-state index contributed by atoms with van der Waals surface area (Å²) in [4.78, 5) is 51.5. The van der Waals surface area contributed by atoms with E-state index in [1.165, 1.54) is 19.1 Å². The summed E-state index contributed by atoms with van der Waals surface area (Å²) in [6.07, 6.45) is 0. The Kier molecular flexibility index (Phi) is 6.10. The van der Waals surface area contributed by atoms with Crippen LogP contribution in [0.4, 0.5) is 0 Å². The number of aromatic nitrogens is 1. The van der Waals surface area contributed by atoms with E-state index in [-0.39, 0.29) is 28.4 Å². The molecule has 0 aliphatic heterocycles. The van der Waals surface area contributed by atoms with E-state index in [1.54, 1.807) is 20.8 Å². The Balaban J connectivity index is 2.13. The maximum Gasteiger partial charge on any atom is 0.348 e. The number of nitrogens with one attached hydrogen (secondary N) is 1. The summed E-state index contributed by atoms with van der Waals surface area (Å²) >= 11 is 1.00. The molecule has 0 aliphatic rings. The van der Waals surface area contributed by atoms with Gasteiger partial charge in [0.1, 0.15) is 4.88 Å². The molecule has 2 rings (SSSR count). The van der Waals surface area contributed by atoms with E-state index in [2.05, 4.69) is 4.98 Å². The van der Waals surface area contributed by atoms with Crippen LogP contribution in [-0.2, 0) is 9.47 Å². The van der Waals surface area contributed by atoms with Crippen LogP contribution in [0.15, 0.2) is 12.1 Å². The number of esters is 2. The zero-order valence-electron chi connectivity index (χ0n) is 14.9. The van der Waals surface area contributed by atoms with E-state index in [0.29, 0.717) is 16.3 Å². The molecule has 0 saturated carbocycles. The van der Waals surface area contributed by atoms with Crippen molar-refractivity contribution in [2.24, 2.45) is 0 Å². The normalized spacial score (nSPS) is 10.5. The monoisotopic (exact) mass is 377 g/mol. The SMILES string of the molecule is CCOC(=O)c1c(C)[nH]c(C)c1C(=O)COC(=O)c1ccc(C(C)=O)s1. The number of ketones is 2. The summed E-state index contributed by atoms with van der Waals surface area (Å²) in [6.45, 7) is 6.06. The molecule has 2 aromatic heterocycles. The zero-order valence-corrected chi connectivity index (χ0v) is 15.7. The van der Waals surface area contributed by atoms with Crippen molar-refractivity contribution in [3.05, 3.63) is 44.4 Å². The molecule has 8 heteroatoms. The number of ether oxygens (including phenoxy) is 2. The predicted molar refractivity (Wildman–Crippen MR) is 95.2 cm³/mol. The first kappa shape index (κ1) is 19.6. The van der Waals surface area contributed by atoms with E-state index in [9.17, 15) is 19.2 Å². The van der Waals surface area contributed by atoms with Gasteiger partial charge in [0.25, 0.3) is 0 Å². The Morgan fingerprint density at radius 1 is 0.962 bits per heavy atom. The van der Waals surface area contributed by atoms with Crippen molar-refractivity contribution >= 4 is 34.8 Å². The highest BCUT2D eigenvalue weighted by atomic mass is 32.1. The molecule has 2 aromatic rings. The lowest BCUT2D eigenvalue weighted by molar-refractivity contribution is 0.0476. The highest BCUT2D eigenvalue weighted by Gasteiger charge is 2.26. The second-order valence-electron chi connectivity index (χ2n) is 5.56. The van der Waals surface area contributed by atoms with Crippen molar-refractivity contribution in [1.82, 2.24) is 4.98 Å². The topological polar surface area (TPSA) is 103 Å². The van der Waals surface area contributed by atoms with Gasteiger partial charge in [-0.15, -0.1) is 11.3 Å². The molecule has 0 amide bonds. The fraction of sp³-hybridized carbons (Fsp3) is 0.333. The minimum absolute atomic E-state index is 0.150. The third-order valence-corrected chi connectivity index (χ3v) is 4.79. The lowest BCUT2D eigenvalue weighted by Crippen LogP contribution is -2.17. The Labute approximate surface area is 154 Å². The summed E-state index contributed by atoms with van der Waals surface area (Å²) in [5.74, 6) is -1.96. The molecule has 138 valence electrons. The number of carbonyl (C=O) groups is 4. The summed E-state index contributed by atoms with van der Waals surface area (Å²) < 4.78 is 10.0. The van der Waals surface area contributed by atoms with Crippen molar-refractivity contribution < 1.29 is 28.7 Å². The number of rotatable bonds is 7. The number of aryl methyl sites for hydroxylation is 2. The molecular weight excluding hydrogens is 358 g/mol. The smallest absolute Gasteiger partial charge is 0.348 e. The van der Waals surface area contributed by atoms with E-state index in [0.717, 1.165) is 11.3 Å². The number of hydrogen-bond donors (Lipinski definition) is 1. The number of carbonyl (C=O) groups excluding carboxylic acids is 4. The first-order valence-electron chi connectivity index (χ1n) is 7.93. The summed E-state index contributed by atoms with van der Waals surface area (Å²) in [5, 5.41) is 0. The van der Waals surface area contributed by atoms with Gasteiger partial charge in [-0.25, -0.2) is 9.59 Å². The van der Waals surface area contributed by atoms with Crippen LogP contribution >= 0.6 is 11.3 Å². The molecular formula is C18H19NO6S. The average molecular weight is 377 g/mol. The highest BCUT2D eigenvalue weighted by molar-refractivity contribution is 7.15. The van der Waals surface area contributed by atoms with Gasteiger partial charge in [0.05, 0.1) is 22.6 Å². The molecule has 0 spiro atoms. The van der Waals surface area contributed by atoms with Gasteiger partial charge in [0, 0.05) is 11.4 Å². The van der Waals surface area contributed by atoms with Crippen LogP contribution in [0.25, 0.3) is 0 Å². The molecule has 0 atom stereocenters. The van der Waals surface area contributed by atoms with Gasteiger partial charge in [0.2, 0.25) is 5.78 Å². The fourth-order valence-electron chi connectivity index (χ4n) is 2.50. The van der Waals surface area contributed by atoms with Crippen LogP contribution in [0.1, 0.15) is 65.3 Å². The van der Waals surface area contributed by atoms with Crippen molar-refractivity contribution in [2.75, 3.05) is 13.2 Å². The van der Waals surface area contributed by atoms with Crippen molar-refractivity contribution in [1.29, 1.82) is 0 Å². The van der Waals surface area contributed by atoms with E-state index < -0.39 is 24.3 Å². The fourth-order valence-corrected chi connectivity index (χ4v) is 3.29. The molecule has 0 radical (unpaired) electrons. The Morgan fingerprint density at radius 3 is 2.15 bits per heavy atom. The molecule has 1 N–H and O–H groups in total. The third kappa shape index (κ3) is 4.08. The lowest BCUT2D eigenvalue weighted by Gasteiger charge is -2.06. The second-order valence-corrected chi connectivity index (χ2v) is 6.65. The second kappa shape index (κ2) is 8.09. The quantitative estimate of drug-likeness (QED) is 0.587. The number of Topliss-reactive ketones (excluding diaryl/α,β-unsaturated/α-hetero) is 2. The predicted octanol–water partition coefficient (Wildman–Crippen LogP) is 3.11. The Hall–Kier alpha value is -2.74. The first-order chi connectivity index (χ1) is 12.3.